The van der Waals surface area contributed by atoms with Gasteiger partial charge in [0, 0.05) is 19.6 Å². The first-order chi connectivity index (χ1) is 10.0. The molecule has 5 atom stereocenters. The molecule has 5 unspecified atom stereocenters. The van der Waals surface area contributed by atoms with Crippen molar-refractivity contribution in [1.82, 2.24) is 0 Å². The van der Waals surface area contributed by atoms with Gasteiger partial charge in [-0.15, -0.1) is 0 Å². The van der Waals surface area contributed by atoms with E-state index in [4.69, 9.17) is 9.62 Å². The summed E-state index contributed by atoms with van der Waals surface area (Å²) in [7, 11) is 1.43. The Morgan fingerprint density at radius 3 is 2.57 bits per heavy atom. The predicted octanol–water partition coefficient (Wildman–Crippen LogP) is 3.78. The number of aliphatic hydroxyl groups is 1. The van der Waals surface area contributed by atoms with Gasteiger partial charge in [-0.05, 0) is 43.4 Å². The fourth-order valence-electron chi connectivity index (χ4n) is 3.91. The van der Waals surface area contributed by atoms with E-state index < -0.39 is 5.79 Å². The topological polar surface area (TPSA) is 47.9 Å². The van der Waals surface area contributed by atoms with Crippen LogP contribution in [0.2, 0.25) is 0 Å². The monoisotopic (exact) mass is 302 g/mol. The molecular formula is C17H34O4. The Hall–Kier alpha value is -0.160. The molecule has 0 aromatic heterocycles. The van der Waals surface area contributed by atoms with Gasteiger partial charge in [0.2, 0.25) is 0 Å². The lowest BCUT2D eigenvalue weighted by Crippen LogP contribution is -2.42. The highest BCUT2D eigenvalue weighted by Crippen LogP contribution is 2.44. The molecule has 1 heterocycles. The second-order valence-electron chi connectivity index (χ2n) is 6.50. The van der Waals surface area contributed by atoms with Crippen LogP contribution in [0.1, 0.15) is 59.8 Å². The van der Waals surface area contributed by atoms with Gasteiger partial charge in [-0.3, -0.25) is 0 Å². The van der Waals surface area contributed by atoms with Crippen LogP contribution in [0.15, 0.2) is 0 Å². The third-order valence-corrected chi connectivity index (χ3v) is 4.93. The summed E-state index contributed by atoms with van der Waals surface area (Å²) < 4.78 is 5.74. The fraction of sp³-hybridized carbons (Fsp3) is 1.00. The number of rotatable bonds is 5. The van der Waals surface area contributed by atoms with Crippen LogP contribution in [-0.4, -0.2) is 31.2 Å². The Morgan fingerprint density at radius 2 is 1.90 bits per heavy atom. The molecule has 2 fully saturated rings. The Labute approximate surface area is 130 Å². The maximum atomic E-state index is 10.0. The maximum absolute atomic E-state index is 10.0. The Morgan fingerprint density at radius 1 is 1.19 bits per heavy atom. The Kier molecular flexibility index (Phi) is 8.17. The lowest BCUT2D eigenvalue weighted by atomic mass is 9.65. The summed E-state index contributed by atoms with van der Waals surface area (Å²) in [5.41, 5.74) is 0. The molecule has 0 amide bonds. The van der Waals surface area contributed by atoms with Crippen LogP contribution in [0.5, 0.6) is 0 Å². The van der Waals surface area contributed by atoms with Gasteiger partial charge in [0.15, 0.2) is 5.79 Å². The lowest BCUT2D eigenvalue weighted by molar-refractivity contribution is -0.403. The molecule has 21 heavy (non-hydrogen) atoms. The SMILES string of the molecule is CC.COOC(C)(O)CCC1CCCC2C(C)COCC12. The zero-order chi connectivity index (χ0) is 15.9. The first-order valence-corrected chi connectivity index (χ1v) is 8.55. The first-order valence-electron chi connectivity index (χ1n) is 8.55. The zero-order valence-electron chi connectivity index (χ0n) is 14.4. The Balaban J connectivity index is 0.00000106. The van der Waals surface area contributed by atoms with E-state index in [0.29, 0.717) is 24.2 Å². The van der Waals surface area contributed by atoms with Crippen LogP contribution >= 0.6 is 0 Å². The third-order valence-electron chi connectivity index (χ3n) is 4.93. The van der Waals surface area contributed by atoms with E-state index in [1.807, 2.05) is 13.8 Å². The summed E-state index contributed by atoms with van der Waals surface area (Å²) in [4.78, 5) is 9.50. The highest BCUT2D eigenvalue weighted by atomic mass is 17.2. The smallest absolute Gasteiger partial charge is 0.196 e. The minimum absolute atomic E-state index is 0.614. The molecule has 1 saturated carbocycles. The van der Waals surface area contributed by atoms with Crippen molar-refractivity contribution in [3.63, 3.8) is 0 Å². The number of fused-ring (bicyclic) bond motifs is 1. The lowest BCUT2D eigenvalue weighted by Gasteiger charge is -2.45. The minimum atomic E-state index is -1.18. The van der Waals surface area contributed by atoms with E-state index in [0.717, 1.165) is 25.6 Å². The standard InChI is InChI=1S/C15H28O4.C2H6/c1-11-9-18-10-14-12(5-4-6-13(11)14)7-8-15(2,16)19-17-3;1-2/h11-14,16H,4-10H2,1-3H3;1-2H3. The summed E-state index contributed by atoms with van der Waals surface area (Å²) in [6.07, 6.45) is 5.50. The molecule has 0 aromatic carbocycles. The highest BCUT2D eigenvalue weighted by molar-refractivity contribution is 4.87. The molecule has 0 radical (unpaired) electrons. The van der Waals surface area contributed by atoms with Gasteiger partial charge in [0.05, 0.1) is 7.11 Å². The summed E-state index contributed by atoms with van der Waals surface area (Å²) in [5.74, 6) is 1.62. The third kappa shape index (κ3) is 5.51. The number of hydrogen-bond acceptors (Lipinski definition) is 4. The summed E-state index contributed by atoms with van der Waals surface area (Å²) in [6.45, 7) is 9.78. The second kappa shape index (κ2) is 9.09. The molecule has 0 aromatic rings. The molecule has 1 N–H and O–H groups in total. The highest BCUT2D eigenvalue weighted by Gasteiger charge is 2.39. The largest absolute Gasteiger partial charge is 0.381 e. The van der Waals surface area contributed by atoms with Crippen molar-refractivity contribution >= 4 is 0 Å². The van der Waals surface area contributed by atoms with E-state index in [2.05, 4.69) is 11.8 Å². The van der Waals surface area contributed by atoms with Crippen LogP contribution in [0.25, 0.3) is 0 Å². The van der Waals surface area contributed by atoms with Gasteiger partial charge >= 0.3 is 0 Å². The minimum Gasteiger partial charge on any atom is -0.381 e. The average Bonchev–Trinajstić information content (AvgIpc) is 2.48. The van der Waals surface area contributed by atoms with Crippen LogP contribution < -0.4 is 0 Å². The quantitative estimate of drug-likeness (QED) is 0.477. The van der Waals surface area contributed by atoms with Crippen molar-refractivity contribution < 1.29 is 19.6 Å². The maximum Gasteiger partial charge on any atom is 0.196 e. The Bertz CT molecular complexity index is 280. The van der Waals surface area contributed by atoms with Gasteiger partial charge in [0.1, 0.15) is 0 Å². The van der Waals surface area contributed by atoms with Gasteiger partial charge < -0.3 is 9.84 Å². The van der Waals surface area contributed by atoms with Gasteiger partial charge in [0.25, 0.3) is 0 Å². The van der Waals surface area contributed by atoms with Crippen molar-refractivity contribution in [2.75, 3.05) is 20.3 Å². The van der Waals surface area contributed by atoms with Crippen molar-refractivity contribution in [2.24, 2.45) is 23.7 Å². The molecule has 1 aliphatic carbocycles. The van der Waals surface area contributed by atoms with Crippen LogP contribution in [0.4, 0.5) is 0 Å². The van der Waals surface area contributed by atoms with Crippen molar-refractivity contribution in [1.29, 1.82) is 0 Å². The van der Waals surface area contributed by atoms with Crippen LogP contribution in [-0.2, 0) is 14.5 Å². The number of hydrogen-bond donors (Lipinski definition) is 1. The molecule has 2 aliphatic rings. The molecule has 126 valence electrons. The predicted molar refractivity (Wildman–Crippen MR) is 83.6 cm³/mol. The van der Waals surface area contributed by atoms with E-state index in [9.17, 15) is 5.11 Å². The van der Waals surface area contributed by atoms with Gasteiger partial charge in [-0.25, -0.2) is 9.78 Å². The van der Waals surface area contributed by atoms with Crippen molar-refractivity contribution in [3.8, 4) is 0 Å². The van der Waals surface area contributed by atoms with E-state index in [1.165, 1.54) is 26.4 Å². The van der Waals surface area contributed by atoms with Gasteiger partial charge in [-0.1, -0.05) is 33.6 Å². The van der Waals surface area contributed by atoms with E-state index in [-0.39, 0.29) is 0 Å². The molecule has 4 heteroatoms. The normalized spacial score (nSPS) is 35.1. The van der Waals surface area contributed by atoms with Crippen molar-refractivity contribution in [2.45, 2.75) is 65.6 Å². The molecule has 4 nitrogen and oxygen atoms in total. The first kappa shape index (κ1) is 18.9. The van der Waals surface area contributed by atoms with E-state index >= 15 is 0 Å². The summed E-state index contributed by atoms with van der Waals surface area (Å²) in [5, 5.41) is 10.0. The molecule has 0 bridgehead atoms. The van der Waals surface area contributed by atoms with Gasteiger partial charge in [-0.2, -0.15) is 0 Å². The molecule has 2 rings (SSSR count). The molecule has 1 saturated heterocycles. The summed E-state index contributed by atoms with van der Waals surface area (Å²) >= 11 is 0. The van der Waals surface area contributed by atoms with Crippen LogP contribution in [0, 0.1) is 23.7 Å². The van der Waals surface area contributed by atoms with Crippen molar-refractivity contribution in [3.05, 3.63) is 0 Å². The summed E-state index contributed by atoms with van der Waals surface area (Å²) in [6, 6.07) is 0. The zero-order valence-corrected chi connectivity index (χ0v) is 14.4. The average molecular weight is 302 g/mol. The molecule has 1 aliphatic heterocycles. The molecule has 0 spiro atoms. The van der Waals surface area contributed by atoms with E-state index in [1.54, 1.807) is 6.92 Å². The molecular weight excluding hydrogens is 268 g/mol. The van der Waals surface area contributed by atoms with Crippen LogP contribution in [0.3, 0.4) is 0 Å². The second-order valence-corrected chi connectivity index (χ2v) is 6.50. The number of ether oxygens (including phenoxy) is 1. The fourth-order valence-corrected chi connectivity index (χ4v) is 3.91.